The predicted molar refractivity (Wildman–Crippen MR) is 174 cm³/mol. The molecule has 4 rings (SSSR count). The van der Waals surface area contributed by atoms with E-state index in [4.69, 9.17) is 27.9 Å². The molecule has 4 aromatic carbocycles. The summed E-state index contributed by atoms with van der Waals surface area (Å²) in [5.74, 6) is -0.573. The van der Waals surface area contributed by atoms with E-state index in [0.717, 1.165) is 9.87 Å². The highest BCUT2D eigenvalue weighted by Crippen LogP contribution is 2.29. The van der Waals surface area contributed by atoms with E-state index in [1.165, 1.54) is 24.1 Å². The zero-order valence-corrected chi connectivity index (χ0v) is 26.6. The van der Waals surface area contributed by atoms with Crippen molar-refractivity contribution in [3.8, 4) is 5.75 Å². The van der Waals surface area contributed by atoms with Crippen LogP contribution in [0.25, 0.3) is 0 Å². The molecular formula is C33H33Cl2N3O5S. The Bertz CT molecular complexity index is 1690. The number of carbonyl (C=O) groups is 2. The number of nitrogens with one attached hydrogen (secondary N) is 1. The van der Waals surface area contributed by atoms with Crippen LogP contribution < -0.4 is 14.4 Å². The second-order valence-electron chi connectivity index (χ2n) is 9.88. The van der Waals surface area contributed by atoms with E-state index < -0.39 is 28.5 Å². The molecule has 0 bridgehead atoms. The molecule has 2 amide bonds. The summed E-state index contributed by atoms with van der Waals surface area (Å²) in [5, 5.41) is 3.56. The second-order valence-corrected chi connectivity index (χ2v) is 12.6. The number of sulfonamides is 1. The van der Waals surface area contributed by atoms with E-state index in [1.807, 2.05) is 30.3 Å². The number of ether oxygens (including phenoxy) is 1. The van der Waals surface area contributed by atoms with Crippen molar-refractivity contribution < 1.29 is 22.7 Å². The Morgan fingerprint density at radius 3 is 2.20 bits per heavy atom. The number of amides is 2. The first-order valence-corrected chi connectivity index (χ1v) is 16.1. The fourth-order valence-electron chi connectivity index (χ4n) is 4.69. The molecule has 0 heterocycles. The molecule has 11 heteroatoms. The monoisotopic (exact) mass is 653 g/mol. The van der Waals surface area contributed by atoms with Gasteiger partial charge in [-0.25, -0.2) is 8.42 Å². The molecule has 8 nitrogen and oxygen atoms in total. The van der Waals surface area contributed by atoms with Crippen molar-refractivity contribution in [2.45, 2.75) is 30.8 Å². The summed E-state index contributed by atoms with van der Waals surface area (Å²) in [6, 6.07) is 27.5. The number of carbonyl (C=O) groups excluding carboxylic acids is 2. The molecular weight excluding hydrogens is 621 g/mol. The van der Waals surface area contributed by atoms with Gasteiger partial charge in [-0.2, -0.15) is 0 Å². The molecule has 0 unspecified atom stereocenters. The van der Waals surface area contributed by atoms with Crippen LogP contribution in [-0.2, 0) is 32.6 Å². The second kappa shape index (κ2) is 15.1. The summed E-state index contributed by atoms with van der Waals surface area (Å²) in [6.45, 7) is 1.46. The van der Waals surface area contributed by atoms with Gasteiger partial charge in [0, 0.05) is 35.6 Å². The van der Waals surface area contributed by atoms with Crippen LogP contribution in [0.3, 0.4) is 0 Å². The van der Waals surface area contributed by atoms with E-state index in [1.54, 1.807) is 67.6 Å². The summed E-state index contributed by atoms with van der Waals surface area (Å²) in [7, 11) is -2.75. The first kappa shape index (κ1) is 32.9. The average Bonchev–Trinajstić information content (AvgIpc) is 3.03. The average molecular weight is 655 g/mol. The van der Waals surface area contributed by atoms with E-state index in [2.05, 4.69) is 5.32 Å². The van der Waals surface area contributed by atoms with Gasteiger partial charge < -0.3 is 15.0 Å². The normalized spacial score (nSPS) is 11.8. The third kappa shape index (κ3) is 8.11. The maximum absolute atomic E-state index is 14.4. The van der Waals surface area contributed by atoms with Crippen LogP contribution in [0.5, 0.6) is 5.75 Å². The van der Waals surface area contributed by atoms with Gasteiger partial charge in [-0.15, -0.1) is 0 Å². The minimum Gasteiger partial charge on any atom is -0.497 e. The number of methoxy groups -OCH3 is 1. The van der Waals surface area contributed by atoms with E-state index in [9.17, 15) is 18.0 Å². The molecule has 0 aliphatic carbocycles. The largest absolute Gasteiger partial charge is 0.497 e. The number of halogens is 2. The van der Waals surface area contributed by atoms with Gasteiger partial charge >= 0.3 is 0 Å². The summed E-state index contributed by atoms with van der Waals surface area (Å²) in [4.78, 5) is 29.4. The van der Waals surface area contributed by atoms with Crippen molar-refractivity contribution in [2.75, 3.05) is 24.5 Å². The zero-order chi connectivity index (χ0) is 31.7. The van der Waals surface area contributed by atoms with Gasteiger partial charge in [-0.05, 0) is 54.4 Å². The third-order valence-corrected chi connectivity index (χ3v) is 9.30. The van der Waals surface area contributed by atoms with Crippen LogP contribution in [0, 0.1) is 0 Å². The van der Waals surface area contributed by atoms with E-state index >= 15 is 0 Å². The fourth-order valence-corrected chi connectivity index (χ4v) is 6.59. The van der Waals surface area contributed by atoms with Crippen molar-refractivity contribution in [2.24, 2.45) is 0 Å². The van der Waals surface area contributed by atoms with Crippen LogP contribution in [0.4, 0.5) is 5.69 Å². The number of rotatable bonds is 13. The third-order valence-electron chi connectivity index (χ3n) is 6.93. The number of likely N-dealkylation sites (N-methyl/N-ethyl adjacent to an activating group) is 1. The van der Waals surface area contributed by atoms with Gasteiger partial charge in [-0.1, -0.05) is 83.9 Å². The molecule has 0 fully saturated rings. The Labute approximate surface area is 268 Å². The number of hydrogen-bond acceptors (Lipinski definition) is 5. The topological polar surface area (TPSA) is 96.0 Å². The molecule has 0 radical (unpaired) electrons. The molecule has 4 aromatic rings. The molecule has 0 aliphatic heterocycles. The SMILES string of the molecule is CCNC(=O)[C@H](Cc1ccccc1)N(Cc1ccc(Cl)cc1Cl)C(=O)CN(c1cccc(OC)c1)S(=O)(=O)c1ccccc1. The van der Waals surface area contributed by atoms with Crippen molar-refractivity contribution in [3.05, 3.63) is 124 Å². The number of benzene rings is 4. The van der Waals surface area contributed by atoms with Gasteiger partial charge in [0.2, 0.25) is 11.8 Å². The highest BCUT2D eigenvalue weighted by molar-refractivity contribution is 7.92. The summed E-state index contributed by atoms with van der Waals surface area (Å²) in [6.07, 6.45) is 0.189. The van der Waals surface area contributed by atoms with Crippen molar-refractivity contribution in [1.29, 1.82) is 0 Å². The quantitative estimate of drug-likeness (QED) is 0.192. The first-order chi connectivity index (χ1) is 21.1. The van der Waals surface area contributed by atoms with Crippen LogP contribution in [-0.4, -0.2) is 51.4 Å². The maximum atomic E-state index is 14.4. The lowest BCUT2D eigenvalue weighted by molar-refractivity contribution is -0.140. The van der Waals surface area contributed by atoms with Gasteiger partial charge in [0.05, 0.1) is 17.7 Å². The van der Waals surface area contributed by atoms with Crippen molar-refractivity contribution in [3.63, 3.8) is 0 Å². The Morgan fingerprint density at radius 2 is 1.57 bits per heavy atom. The van der Waals surface area contributed by atoms with Gasteiger partial charge in [0.25, 0.3) is 10.0 Å². The molecule has 0 spiro atoms. The fraction of sp³-hybridized carbons (Fsp3) is 0.212. The molecule has 0 saturated carbocycles. The van der Waals surface area contributed by atoms with Crippen LogP contribution in [0.15, 0.2) is 108 Å². The van der Waals surface area contributed by atoms with Gasteiger partial charge in [0.1, 0.15) is 18.3 Å². The minimum atomic E-state index is -4.22. The standard InChI is InChI=1S/C33H33Cl2N3O5S/c1-3-36-33(40)31(19-24-11-6-4-7-12-24)37(22-25-17-18-26(34)20-30(25)35)32(39)23-38(27-13-10-14-28(21-27)43-2)44(41,42)29-15-8-5-9-16-29/h4-18,20-21,31H,3,19,22-23H2,1-2H3,(H,36,40)/t31-/m0/s1. The van der Waals surface area contributed by atoms with Crippen molar-refractivity contribution >= 4 is 50.7 Å². The smallest absolute Gasteiger partial charge is 0.264 e. The Balaban J connectivity index is 1.82. The Morgan fingerprint density at radius 1 is 0.886 bits per heavy atom. The minimum absolute atomic E-state index is 0.00692. The lowest BCUT2D eigenvalue weighted by Crippen LogP contribution is -2.53. The number of hydrogen-bond donors (Lipinski definition) is 1. The molecule has 44 heavy (non-hydrogen) atoms. The maximum Gasteiger partial charge on any atom is 0.264 e. The Kier molecular flexibility index (Phi) is 11.3. The molecule has 0 saturated heterocycles. The first-order valence-electron chi connectivity index (χ1n) is 13.9. The summed E-state index contributed by atoms with van der Waals surface area (Å²) < 4.78 is 34.4. The summed E-state index contributed by atoms with van der Waals surface area (Å²) in [5.41, 5.74) is 1.60. The molecule has 1 atom stereocenters. The highest BCUT2D eigenvalue weighted by Gasteiger charge is 2.35. The number of anilines is 1. The van der Waals surface area contributed by atoms with Gasteiger partial charge in [-0.3, -0.25) is 13.9 Å². The molecule has 0 aliphatic rings. The van der Waals surface area contributed by atoms with Crippen LogP contribution in [0.2, 0.25) is 10.0 Å². The van der Waals surface area contributed by atoms with Crippen LogP contribution in [0.1, 0.15) is 18.1 Å². The lowest BCUT2D eigenvalue weighted by Gasteiger charge is -2.34. The Hall–Kier alpha value is -4.05. The molecule has 230 valence electrons. The van der Waals surface area contributed by atoms with E-state index in [0.29, 0.717) is 27.9 Å². The van der Waals surface area contributed by atoms with Crippen LogP contribution >= 0.6 is 23.2 Å². The van der Waals surface area contributed by atoms with Gasteiger partial charge in [0.15, 0.2) is 0 Å². The molecule has 0 aromatic heterocycles. The van der Waals surface area contributed by atoms with E-state index in [-0.39, 0.29) is 29.5 Å². The number of nitrogens with zero attached hydrogens (tertiary/aromatic N) is 2. The highest BCUT2D eigenvalue weighted by atomic mass is 35.5. The predicted octanol–water partition coefficient (Wildman–Crippen LogP) is 5.97. The molecule has 1 N–H and O–H groups in total. The summed E-state index contributed by atoms with van der Waals surface area (Å²) >= 11 is 12.7. The lowest BCUT2D eigenvalue weighted by atomic mass is 10.0. The zero-order valence-electron chi connectivity index (χ0n) is 24.3. The van der Waals surface area contributed by atoms with Crippen molar-refractivity contribution in [1.82, 2.24) is 10.2 Å².